The molecule has 0 saturated heterocycles. The number of hydrogen-bond acceptors (Lipinski definition) is 2. The maximum atomic E-state index is 13.2. The molecule has 1 aliphatic rings. The lowest BCUT2D eigenvalue weighted by atomic mass is 9.85. The van der Waals surface area contributed by atoms with Crippen LogP contribution in [-0.4, -0.2) is 23.8 Å². The van der Waals surface area contributed by atoms with E-state index in [1.54, 1.807) is 6.92 Å². The molecule has 1 aliphatic carbocycles. The number of carbonyl (C=O) groups is 1. The summed E-state index contributed by atoms with van der Waals surface area (Å²) < 4.78 is 26.1. The molecule has 1 saturated carbocycles. The zero-order chi connectivity index (χ0) is 16.1. The molecule has 0 aromatic heterocycles. The first kappa shape index (κ1) is 16.7. The Morgan fingerprint density at radius 1 is 1.32 bits per heavy atom. The molecule has 1 aromatic rings. The Hall–Kier alpha value is -1.69. The van der Waals surface area contributed by atoms with E-state index in [4.69, 9.17) is 0 Å². The lowest BCUT2D eigenvalue weighted by Gasteiger charge is -2.31. The van der Waals surface area contributed by atoms with Crippen LogP contribution in [0.3, 0.4) is 0 Å². The van der Waals surface area contributed by atoms with Crippen molar-refractivity contribution in [2.75, 3.05) is 6.61 Å². The van der Waals surface area contributed by atoms with E-state index in [0.717, 1.165) is 37.8 Å². The van der Waals surface area contributed by atoms with Gasteiger partial charge in [0.2, 0.25) is 0 Å². The highest BCUT2D eigenvalue weighted by Crippen LogP contribution is 2.24. The molecule has 2 amide bonds. The molecule has 0 bridgehead atoms. The van der Waals surface area contributed by atoms with Crippen LogP contribution in [0.4, 0.5) is 13.6 Å². The van der Waals surface area contributed by atoms with Crippen molar-refractivity contribution in [3.05, 3.63) is 35.4 Å². The fraction of sp³-hybridized carbons (Fsp3) is 0.562. The number of benzene rings is 1. The summed E-state index contributed by atoms with van der Waals surface area (Å²) in [5, 5.41) is 14.9. The minimum atomic E-state index is -0.931. The third-order valence-corrected chi connectivity index (χ3v) is 4.25. The number of halogens is 2. The average Bonchev–Trinajstić information content (AvgIpc) is 2.50. The second kappa shape index (κ2) is 7.54. The minimum absolute atomic E-state index is 0.0455. The average molecular weight is 312 g/mol. The van der Waals surface area contributed by atoms with Crippen LogP contribution in [0.1, 0.15) is 44.2 Å². The molecular formula is C16H22F2N2O2. The molecule has 3 unspecified atom stereocenters. The smallest absolute Gasteiger partial charge is 0.315 e. The molecule has 2 rings (SSSR count). The molecule has 0 radical (unpaired) electrons. The normalized spacial score (nSPS) is 22.9. The fourth-order valence-electron chi connectivity index (χ4n) is 2.89. The number of carbonyl (C=O) groups excluding carboxylic acids is 1. The van der Waals surface area contributed by atoms with Gasteiger partial charge in [-0.2, -0.15) is 0 Å². The van der Waals surface area contributed by atoms with E-state index in [2.05, 4.69) is 10.6 Å². The highest BCUT2D eigenvalue weighted by molar-refractivity contribution is 5.74. The third-order valence-electron chi connectivity index (χ3n) is 4.25. The zero-order valence-electron chi connectivity index (χ0n) is 12.6. The molecule has 6 heteroatoms. The predicted octanol–water partition coefficient (Wildman–Crippen LogP) is 2.88. The Bertz CT molecular complexity index is 525. The molecule has 3 N–H and O–H groups in total. The van der Waals surface area contributed by atoms with Gasteiger partial charge in [-0.05, 0) is 37.5 Å². The minimum Gasteiger partial charge on any atom is -0.396 e. The standard InChI is InChI=1S/C16H22F2N2O2/c1-10(11-6-7-13(17)14(18)8-11)19-16(22)20-15-5-3-2-4-12(15)9-21/h6-8,10,12,15,21H,2-5,9H2,1H3,(H2,19,20,22). The number of urea groups is 1. The summed E-state index contributed by atoms with van der Waals surface area (Å²) in [6.45, 7) is 1.76. The number of hydrogen-bond donors (Lipinski definition) is 3. The van der Waals surface area contributed by atoms with Crippen molar-refractivity contribution in [1.82, 2.24) is 10.6 Å². The Kier molecular flexibility index (Phi) is 5.71. The summed E-state index contributed by atoms with van der Waals surface area (Å²) in [4.78, 5) is 12.0. The molecule has 0 aliphatic heterocycles. The fourth-order valence-corrected chi connectivity index (χ4v) is 2.89. The second-order valence-electron chi connectivity index (χ2n) is 5.85. The van der Waals surface area contributed by atoms with Crippen molar-refractivity contribution >= 4 is 6.03 Å². The van der Waals surface area contributed by atoms with E-state index in [1.807, 2.05) is 0 Å². The first-order valence-corrected chi connectivity index (χ1v) is 7.64. The van der Waals surface area contributed by atoms with Crippen LogP contribution in [0.25, 0.3) is 0 Å². The Morgan fingerprint density at radius 2 is 2.05 bits per heavy atom. The van der Waals surface area contributed by atoms with Crippen LogP contribution in [-0.2, 0) is 0 Å². The van der Waals surface area contributed by atoms with Crippen LogP contribution in [0.15, 0.2) is 18.2 Å². The van der Waals surface area contributed by atoms with Gasteiger partial charge < -0.3 is 15.7 Å². The second-order valence-corrected chi connectivity index (χ2v) is 5.85. The van der Waals surface area contributed by atoms with E-state index >= 15 is 0 Å². The van der Waals surface area contributed by atoms with Gasteiger partial charge in [-0.1, -0.05) is 18.9 Å². The predicted molar refractivity (Wildman–Crippen MR) is 79.3 cm³/mol. The molecule has 3 atom stereocenters. The van der Waals surface area contributed by atoms with E-state index in [0.29, 0.717) is 5.56 Å². The van der Waals surface area contributed by atoms with Crippen LogP contribution in [0.2, 0.25) is 0 Å². The van der Waals surface area contributed by atoms with Gasteiger partial charge >= 0.3 is 6.03 Å². The van der Waals surface area contributed by atoms with Crippen molar-refractivity contribution in [2.45, 2.75) is 44.7 Å². The zero-order valence-corrected chi connectivity index (χ0v) is 12.6. The van der Waals surface area contributed by atoms with Gasteiger partial charge in [-0.3, -0.25) is 0 Å². The van der Waals surface area contributed by atoms with Crippen LogP contribution >= 0.6 is 0 Å². The van der Waals surface area contributed by atoms with Crippen molar-refractivity contribution in [2.24, 2.45) is 5.92 Å². The number of amides is 2. The first-order valence-electron chi connectivity index (χ1n) is 7.64. The van der Waals surface area contributed by atoms with Gasteiger partial charge in [-0.15, -0.1) is 0 Å². The molecule has 1 aromatic carbocycles. The molecule has 22 heavy (non-hydrogen) atoms. The number of nitrogens with one attached hydrogen (secondary N) is 2. The van der Waals surface area contributed by atoms with E-state index in [1.165, 1.54) is 6.07 Å². The van der Waals surface area contributed by atoms with Gasteiger partial charge in [0.1, 0.15) is 0 Å². The Balaban J connectivity index is 1.91. The van der Waals surface area contributed by atoms with E-state index < -0.39 is 17.7 Å². The monoisotopic (exact) mass is 312 g/mol. The Morgan fingerprint density at radius 3 is 2.73 bits per heavy atom. The summed E-state index contributed by atoms with van der Waals surface area (Å²) in [5.41, 5.74) is 0.497. The SMILES string of the molecule is CC(NC(=O)NC1CCCCC1CO)c1ccc(F)c(F)c1. The van der Waals surface area contributed by atoms with E-state index in [-0.39, 0.29) is 24.6 Å². The third kappa shape index (κ3) is 4.16. The quantitative estimate of drug-likeness (QED) is 0.800. The topological polar surface area (TPSA) is 61.4 Å². The van der Waals surface area contributed by atoms with Gasteiger partial charge in [0.15, 0.2) is 11.6 Å². The van der Waals surface area contributed by atoms with Crippen LogP contribution in [0, 0.1) is 17.6 Å². The maximum absolute atomic E-state index is 13.2. The summed E-state index contributed by atoms with van der Waals surface area (Å²) in [6.07, 6.45) is 3.84. The van der Waals surface area contributed by atoms with Crippen LogP contribution in [0.5, 0.6) is 0 Å². The van der Waals surface area contributed by atoms with Gasteiger partial charge in [0, 0.05) is 18.6 Å². The summed E-state index contributed by atoms with van der Waals surface area (Å²) in [7, 11) is 0. The van der Waals surface area contributed by atoms with Gasteiger partial charge in [0.05, 0.1) is 6.04 Å². The summed E-state index contributed by atoms with van der Waals surface area (Å²) in [5.74, 6) is -1.76. The van der Waals surface area contributed by atoms with Crippen molar-refractivity contribution in [1.29, 1.82) is 0 Å². The molecule has 122 valence electrons. The molecule has 4 nitrogen and oxygen atoms in total. The number of rotatable bonds is 4. The first-order chi connectivity index (χ1) is 10.5. The van der Waals surface area contributed by atoms with Gasteiger partial charge in [-0.25, -0.2) is 13.6 Å². The Labute approximate surface area is 128 Å². The highest BCUT2D eigenvalue weighted by Gasteiger charge is 2.26. The molecular weight excluding hydrogens is 290 g/mol. The largest absolute Gasteiger partial charge is 0.396 e. The number of aliphatic hydroxyl groups is 1. The lowest BCUT2D eigenvalue weighted by Crippen LogP contribution is -2.48. The van der Waals surface area contributed by atoms with Crippen molar-refractivity contribution in [3.8, 4) is 0 Å². The van der Waals surface area contributed by atoms with Crippen molar-refractivity contribution in [3.63, 3.8) is 0 Å². The number of aliphatic hydroxyl groups excluding tert-OH is 1. The summed E-state index contributed by atoms with van der Waals surface area (Å²) >= 11 is 0. The highest BCUT2D eigenvalue weighted by atomic mass is 19.2. The maximum Gasteiger partial charge on any atom is 0.315 e. The molecule has 0 spiro atoms. The molecule has 0 heterocycles. The van der Waals surface area contributed by atoms with E-state index in [9.17, 15) is 18.7 Å². The van der Waals surface area contributed by atoms with Crippen molar-refractivity contribution < 1.29 is 18.7 Å². The molecule has 1 fully saturated rings. The lowest BCUT2D eigenvalue weighted by molar-refractivity contribution is 0.153. The van der Waals surface area contributed by atoms with Gasteiger partial charge in [0.25, 0.3) is 0 Å². The summed E-state index contributed by atoms with van der Waals surface area (Å²) in [6, 6.07) is 2.73. The van der Waals surface area contributed by atoms with Crippen LogP contribution < -0.4 is 10.6 Å².